The smallest absolute Gasteiger partial charge is 0.142 e. The number of aromatic nitrogens is 2. The number of nitrogens with zero attached hydrogens (tertiary/aromatic N) is 2. The monoisotopic (exact) mass is 228 g/mol. The van der Waals surface area contributed by atoms with Crippen LogP contribution in [-0.2, 0) is 12.8 Å². The van der Waals surface area contributed by atoms with E-state index in [1.807, 2.05) is 25.7 Å². The molecule has 0 aliphatic rings. The van der Waals surface area contributed by atoms with E-state index in [-0.39, 0.29) is 0 Å². The third-order valence-electron chi connectivity index (χ3n) is 2.57. The molecule has 0 spiro atoms. The van der Waals surface area contributed by atoms with Gasteiger partial charge in [-0.15, -0.1) is 0 Å². The summed E-state index contributed by atoms with van der Waals surface area (Å²) in [5.41, 5.74) is 4.98. The summed E-state index contributed by atoms with van der Waals surface area (Å²) in [7, 11) is 1.90. The molecule has 0 saturated carbocycles. The van der Waals surface area contributed by atoms with E-state index < -0.39 is 0 Å². The van der Waals surface area contributed by atoms with Gasteiger partial charge in [0.25, 0.3) is 0 Å². The minimum Gasteiger partial charge on any atom is -0.308 e. The molecule has 1 aromatic rings. The number of thioether (sulfide) groups is 1. The maximum atomic E-state index is 5.48. The largest absolute Gasteiger partial charge is 0.308 e. The Morgan fingerprint density at radius 1 is 1.60 bits per heavy atom. The van der Waals surface area contributed by atoms with Crippen LogP contribution in [0.1, 0.15) is 31.5 Å². The molecular weight excluding hydrogens is 208 g/mol. The first-order valence-electron chi connectivity index (χ1n) is 5.20. The Hall–Kier alpha value is -0.680. The molecule has 1 unspecified atom stereocenters. The second-order valence-electron chi connectivity index (χ2n) is 3.71. The quantitative estimate of drug-likeness (QED) is 0.598. The predicted molar refractivity (Wildman–Crippen MR) is 66.8 cm³/mol. The average molecular weight is 228 g/mol. The molecule has 0 aliphatic heterocycles. The normalized spacial score (nSPS) is 12.9. The Balaban J connectivity index is 2.75. The molecule has 5 heteroatoms. The number of anilines is 1. The van der Waals surface area contributed by atoms with Crippen molar-refractivity contribution in [2.75, 3.05) is 5.43 Å². The second kappa shape index (κ2) is 5.42. The second-order valence-corrected chi connectivity index (χ2v) is 5.14. The molecule has 1 atom stereocenters. The van der Waals surface area contributed by atoms with E-state index in [1.54, 1.807) is 4.68 Å². The van der Waals surface area contributed by atoms with Gasteiger partial charge in [0.1, 0.15) is 5.82 Å². The molecule has 1 rings (SSSR count). The fourth-order valence-electron chi connectivity index (χ4n) is 1.40. The van der Waals surface area contributed by atoms with Gasteiger partial charge in [0, 0.05) is 23.6 Å². The summed E-state index contributed by atoms with van der Waals surface area (Å²) in [5, 5.41) is 5.02. The number of hydrogen-bond acceptors (Lipinski definition) is 4. The van der Waals surface area contributed by atoms with Gasteiger partial charge in [0.05, 0.1) is 5.69 Å². The first-order chi connectivity index (χ1) is 7.10. The van der Waals surface area contributed by atoms with Crippen molar-refractivity contribution in [1.82, 2.24) is 9.78 Å². The number of aryl methyl sites for hydroxylation is 2. The van der Waals surface area contributed by atoms with Crippen molar-refractivity contribution in [3.8, 4) is 0 Å². The molecule has 15 heavy (non-hydrogen) atoms. The minimum absolute atomic E-state index is 0.676. The topological polar surface area (TPSA) is 55.9 Å². The Kier molecular flexibility index (Phi) is 4.47. The number of nitrogen functional groups attached to an aromatic ring is 1. The lowest BCUT2D eigenvalue weighted by Gasteiger charge is -2.09. The van der Waals surface area contributed by atoms with Gasteiger partial charge in [0.15, 0.2) is 0 Å². The van der Waals surface area contributed by atoms with Crippen molar-refractivity contribution in [3.63, 3.8) is 0 Å². The maximum Gasteiger partial charge on any atom is 0.142 e. The van der Waals surface area contributed by atoms with Crippen LogP contribution >= 0.6 is 11.8 Å². The molecule has 4 nitrogen and oxygen atoms in total. The lowest BCUT2D eigenvalue weighted by atomic mass is 10.3. The van der Waals surface area contributed by atoms with Crippen molar-refractivity contribution in [3.05, 3.63) is 11.3 Å². The average Bonchev–Trinajstić information content (AvgIpc) is 2.49. The molecule has 1 aromatic heterocycles. The summed E-state index contributed by atoms with van der Waals surface area (Å²) >= 11 is 1.94. The molecule has 86 valence electrons. The molecule has 1 heterocycles. The minimum atomic E-state index is 0.676. The summed E-state index contributed by atoms with van der Waals surface area (Å²) in [4.78, 5) is 0. The van der Waals surface area contributed by atoms with Crippen LogP contribution in [-0.4, -0.2) is 15.0 Å². The molecule has 0 saturated heterocycles. The molecule has 0 bridgehead atoms. The summed E-state index contributed by atoms with van der Waals surface area (Å²) in [5.74, 6) is 7.37. The summed E-state index contributed by atoms with van der Waals surface area (Å²) < 4.78 is 1.79. The van der Waals surface area contributed by atoms with E-state index >= 15 is 0 Å². The fourth-order valence-corrected chi connectivity index (χ4v) is 2.43. The van der Waals surface area contributed by atoms with Gasteiger partial charge in [-0.1, -0.05) is 13.8 Å². The van der Waals surface area contributed by atoms with Crippen LogP contribution in [0, 0.1) is 6.92 Å². The number of nitrogens with one attached hydrogen (secondary N) is 1. The van der Waals surface area contributed by atoms with Gasteiger partial charge < -0.3 is 5.43 Å². The van der Waals surface area contributed by atoms with Crippen molar-refractivity contribution in [1.29, 1.82) is 0 Å². The van der Waals surface area contributed by atoms with Crippen molar-refractivity contribution in [2.24, 2.45) is 12.9 Å². The fraction of sp³-hybridized carbons (Fsp3) is 0.700. The van der Waals surface area contributed by atoms with Crippen LogP contribution in [0.5, 0.6) is 0 Å². The van der Waals surface area contributed by atoms with Crippen molar-refractivity contribution in [2.45, 2.75) is 38.2 Å². The summed E-state index contributed by atoms with van der Waals surface area (Å²) in [6.45, 7) is 6.47. The van der Waals surface area contributed by atoms with Gasteiger partial charge in [0.2, 0.25) is 0 Å². The lowest BCUT2D eigenvalue weighted by molar-refractivity contribution is 0.760. The van der Waals surface area contributed by atoms with E-state index in [9.17, 15) is 0 Å². The van der Waals surface area contributed by atoms with Gasteiger partial charge in [-0.3, -0.25) is 4.68 Å². The zero-order chi connectivity index (χ0) is 11.4. The van der Waals surface area contributed by atoms with E-state index in [2.05, 4.69) is 24.4 Å². The molecular formula is C10H20N4S. The summed E-state index contributed by atoms with van der Waals surface area (Å²) in [6.07, 6.45) is 1.19. The van der Waals surface area contributed by atoms with E-state index in [4.69, 9.17) is 5.84 Å². The van der Waals surface area contributed by atoms with Crippen molar-refractivity contribution < 1.29 is 0 Å². The third kappa shape index (κ3) is 2.89. The zero-order valence-corrected chi connectivity index (χ0v) is 10.7. The Labute approximate surface area is 95.6 Å². The highest BCUT2D eigenvalue weighted by Gasteiger charge is 2.13. The van der Waals surface area contributed by atoms with E-state index in [1.165, 1.54) is 12.0 Å². The van der Waals surface area contributed by atoms with Gasteiger partial charge in [-0.2, -0.15) is 16.9 Å². The van der Waals surface area contributed by atoms with Crippen LogP contribution in [0.2, 0.25) is 0 Å². The maximum absolute atomic E-state index is 5.48. The van der Waals surface area contributed by atoms with E-state index in [0.29, 0.717) is 5.25 Å². The molecule has 0 radical (unpaired) electrons. The van der Waals surface area contributed by atoms with Crippen LogP contribution in [0.15, 0.2) is 0 Å². The molecule has 0 fully saturated rings. The van der Waals surface area contributed by atoms with Gasteiger partial charge >= 0.3 is 0 Å². The van der Waals surface area contributed by atoms with Crippen LogP contribution < -0.4 is 11.3 Å². The number of hydrazine groups is 1. The number of hydrogen-bond donors (Lipinski definition) is 2. The third-order valence-corrected chi connectivity index (χ3v) is 3.93. The molecule has 0 amide bonds. The number of rotatable bonds is 5. The first kappa shape index (κ1) is 12.4. The lowest BCUT2D eigenvalue weighted by Crippen LogP contribution is -2.12. The van der Waals surface area contributed by atoms with Crippen LogP contribution in [0.25, 0.3) is 0 Å². The first-order valence-corrected chi connectivity index (χ1v) is 6.25. The Bertz CT molecular complexity index is 321. The Morgan fingerprint density at radius 2 is 2.27 bits per heavy atom. The van der Waals surface area contributed by atoms with Crippen LogP contribution in [0.4, 0.5) is 5.82 Å². The van der Waals surface area contributed by atoms with Gasteiger partial charge in [-0.05, 0) is 13.3 Å². The van der Waals surface area contributed by atoms with Gasteiger partial charge in [-0.25, -0.2) is 5.84 Å². The predicted octanol–water partition coefficient (Wildman–Crippen LogP) is 2.05. The van der Waals surface area contributed by atoms with E-state index in [0.717, 1.165) is 17.3 Å². The highest BCUT2D eigenvalue weighted by molar-refractivity contribution is 7.99. The zero-order valence-electron chi connectivity index (χ0n) is 9.87. The van der Waals surface area contributed by atoms with Crippen LogP contribution in [0.3, 0.4) is 0 Å². The molecule has 0 aromatic carbocycles. The standard InChI is InChI=1S/C10H20N4S/c1-5-7(2)15-6-9-8(3)13-14(4)10(9)12-11/h7,12H,5-6,11H2,1-4H3. The SMILES string of the molecule is CCC(C)SCc1c(C)nn(C)c1NN. The molecule has 0 aliphatic carbocycles. The Morgan fingerprint density at radius 3 is 2.80 bits per heavy atom. The summed E-state index contributed by atoms with van der Waals surface area (Å²) in [6, 6.07) is 0. The highest BCUT2D eigenvalue weighted by Crippen LogP contribution is 2.26. The number of nitrogens with two attached hydrogens (primary N) is 1. The van der Waals surface area contributed by atoms with Crippen molar-refractivity contribution >= 4 is 17.6 Å². The highest BCUT2D eigenvalue weighted by atomic mass is 32.2. The molecule has 3 N–H and O–H groups in total.